The van der Waals surface area contributed by atoms with Crippen LogP contribution in [0.2, 0.25) is 0 Å². The van der Waals surface area contributed by atoms with Crippen LogP contribution in [-0.2, 0) is 19.5 Å². The molecule has 3 heterocycles. The molecule has 32 heavy (non-hydrogen) atoms. The first-order valence-electron chi connectivity index (χ1n) is 10.7. The molecule has 0 amide bonds. The average molecular weight is 434 g/mol. The number of aromatic nitrogens is 2. The molecule has 0 unspecified atom stereocenters. The highest BCUT2D eigenvalue weighted by atomic mass is 16.6. The maximum absolute atomic E-state index is 5.71. The molecule has 0 fully saturated rings. The van der Waals surface area contributed by atoms with Crippen LogP contribution >= 0.6 is 0 Å². The number of fused-ring (bicyclic) bond motifs is 2. The summed E-state index contributed by atoms with van der Waals surface area (Å²) in [4.78, 5) is 11.7. The Labute approximate surface area is 187 Å². The topological polar surface area (TPSA) is 78.0 Å². The highest BCUT2D eigenvalue weighted by Gasteiger charge is 2.20. The van der Waals surface area contributed by atoms with E-state index in [0.29, 0.717) is 30.7 Å². The second-order valence-electron chi connectivity index (χ2n) is 7.83. The van der Waals surface area contributed by atoms with Crippen LogP contribution in [0.3, 0.4) is 0 Å². The fraction of sp³-hybridized carbons (Fsp3) is 0.333. The van der Waals surface area contributed by atoms with E-state index in [2.05, 4.69) is 27.3 Å². The van der Waals surface area contributed by atoms with Gasteiger partial charge in [-0.1, -0.05) is 6.07 Å². The summed E-state index contributed by atoms with van der Waals surface area (Å²) < 4.78 is 22.0. The quantitative estimate of drug-likeness (QED) is 0.631. The number of nitrogens with one attached hydrogen (secondary N) is 1. The lowest BCUT2D eigenvalue weighted by Gasteiger charge is -2.28. The molecule has 8 nitrogen and oxygen atoms in total. The van der Waals surface area contributed by atoms with Gasteiger partial charge in [-0.2, -0.15) is 0 Å². The van der Waals surface area contributed by atoms with E-state index < -0.39 is 0 Å². The highest BCUT2D eigenvalue weighted by molar-refractivity contribution is 5.59. The largest absolute Gasteiger partial charge is 0.497 e. The minimum atomic E-state index is 0.569. The third kappa shape index (κ3) is 4.40. The number of ether oxygens (including phenoxy) is 4. The van der Waals surface area contributed by atoms with Crippen LogP contribution < -0.4 is 24.3 Å². The molecule has 3 aromatic rings. The molecule has 2 aliphatic heterocycles. The van der Waals surface area contributed by atoms with Crippen molar-refractivity contribution >= 4 is 11.6 Å². The van der Waals surface area contributed by atoms with Gasteiger partial charge in [0.25, 0.3) is 0 Å². The van der Waals surface area contributed by atoms with Crippen molar-refractivity contribution in [1.29, 1.82) is 0 Å². The lowest BCUT2D eigenvalue weighted by molar-refractivity contribution is 0.171. The first kappa shape index (κ1) is 20.4. The summed E-state index contributed by atoms with van der Waals surface area (Å²) in [5.41, 5.74) is 4.26. The molecule has 0 atom stereocenters. The van der Waals surface area contributed by atoms with Crippen molar-refractivity contribution < 1.29 is 18.9 Å². The maximum Gasteiger partial charge on any atom is 0.227 e. The molecular weight excluding hydrogens is 408 g/mol. The normalized spacial score (nSPS) is 15.1. The van der Waals surface area contributed by atoms with E-state index in [-0.39, 0.29) is 0 Å². The number of rotatable bonds is 6. The Hall–Kier alpha value is -3.52. The molecule has 0 aliphatic carbocycles. The van der Waals surface area contributed by atoms with Crippen molar-refractivity contribution in [2.75, 3.05) is 39.3 Å². The molecular formula is C24H26N4O4. The maximum atomic E-state index is 5.71. The number of nitrogens with zero attached hydrogens (tertiary/aromatic N) is 3. The van der Waals surface area contributed by atoms with Crippen LogP contribution in [0.4, 0.5) is 11.6 Å². The molecule has 5 rings (SSSR count). The van der Waals surface area contributed by atoms with Crippen LogP contribution in [-0.4, -0.2) is 48.8 Å². The molecule has 1 aromatic heterocycles. The van der Waals surface area contributed by atoms with Gasteiger partial charge in [-0.25, -0.2) is 9.97 Å². The van der Waals surface area contributed by atoms with E-state index in [1.54, 1.807) is 14.2 Å². The Balaban J connectivity index is 1.26. The summed E-state index contributed by atoms with van der Waals surface area (Å²) in [7, 11) is 3.26. The summed E-state index contributed by atoms with van der Waals surface area (Å²) in [6.45, 7) is 3.81. The average Bonchev–Trinajstić information content (AvgIpc) is 2.83. The summed E-state index contributed by atoms with van der Waals surface area (Å²) in [6, 6.07) is 11.8. The second-order valence-corrected chi connectivity index (χ2v) is 7.83. The second kappa shape index (κ2) is 8.92. The predicted octanol–water partition coefficient (Wildman–Crippen LogP) is 3.57. The van der Waals surface area contributed by atoms with Crippen LogP contribution in [0.5, 0.6) is 23.0 Å². The van der Waals surface area contributed by atoms with Crippen molar-refractivity contribution in [2.45, 2.75) is 19.5 Å². The summed E-state index contributed by atoms with van der Waals surface area (Å²) in [6.07, 6.45) is 2.79. The van der Waals surface area contributed by atoms with Gasteiger partial charge in [-0.3, -0.25) is 4.90 Å². The Morgan fingerprint density at radius 1 is 1.00 bits per heavy atom. The van der Waals surface area contributed by atoms with Gasteiger partial charge in [-0.15, -0.1) is 0 Å². The zero-order valence-corrected chi connectivity index (χ0v) is 18.3. The van der Waals surface area contributed by atoms with E-state index in [0.717, 1.165) is 54.5 Å². The molecule has 166 valence electrons. The Morgan fingerprint density at radius 2 is 1.78 bits per heavy atom. The molecule has 0 saturated carbocycles. The summed E-state index contributed by atoms with van der Waals surface area (Å²) >= 11 is 0. The molecule has 0 spiro atoms. The van der Waals surface area contributed by atoms with E-state index in [9.17, 15) is 0 Å². The number of benzene rings is 2. The van der Waals surface area contributed by atoms with Crippen molar-refractivity contribution in [3.8, 4) is 23.0 Å². The zero-order chi connectivity index (χ0) is 21.9. The number of hydrogen-bond donors (Lipinski definition) is 1. The number of hydrogen-bond acceptors (Lipinski definition) is 8. The number of anilines is 2. The van der Waals surface area contributed by atoms with E-state index in [1.807, 2.05) is 30.5 Å². The Bertz CT molecular complexity index is 1100. The van der Waals surface area contributed by atoms with Crippen LogP contribution in [0, 0.1) is 0 Å². The lowest BCUT2D eigenvalue weighted by Crippen LogP contribution is -2.31. The van der Waals surface area contributed by atoms with Gasteiger partial charge in [0.15, 0.2) is 11.5 Å². The molecule has 2 aromatic carbocycles. The van der Waals surface area contributed by atoms with Gasteiger partial charge in [0.05, 0.1) is 19.9 Å². The van der Waals surface area contributed by atoms with Gasteiger partial charge < -0.3 is 24.3 Å². The van der Waals surface area contributed by atoms with Crippen LogP contribution in [0.1, 0.15) is 16.8 Å². The minimum Gasteiger partial charge on any atom is -0.497 e. The standard InChI is InChI=1S/C24H26N4O4/c1-29-19-10-18(11-20(12-19)30-2)26-24-25-13-17-15-28(6-5-21(17)27-24)14-16-3-4-22-23(9-16)32-8-7-31-22/h3-4,9-13H,5-8,14-15H2,1-2H3,(H,25,26,27). The Morgan fingerprint density at radius 3 is 2.56 bits per heavy atom. The first-order chi connectivity index (χ1) is 15.7. The summed E-state index contributed by atoms with van der Waals surface area (Å²) in [5.74, 6) is 3.64. The van der Waals surface area contributed by atoms with Crippen molar-refractivity contribution in [1.82, 2.24) is 14.9 Å². The molecule has 2 aliphatic rings. The lowest BCUT2D eigenvalue weighted by atomic mass is 10.1. The smallest absolute Gasteiger partial charge is 0.227 e. The SMILES string of the molecule is COc1cc(Nc2ncc3c(n2)CCN(Cc2ccc4c(c2)OCCO4)C3)cc(OC)c1. The monoisotopic (exact) mass is 434 g/mol. The molecule has 1 N–H and O–H groups in total. The van der Waals surface area contributed by atoms with Crippen LogP contribution in [0.25, 0.3) is 0 Å². The fourth-order valence-corrected chi connectivity index (χ4v) is 4.02. The zero-order valence-electron chi connectivity index (χ0n) is 18.3. The predicted molar refractivity (Wildman–Crippen MR) is 120 cm³/mol. The minimum absolute atomic E-state index is 0.569. The van der Waals surface area contributed by atoms with Gasteiger partial charge in [0.2, 0.25) is 5.95 Å². The fourth-order valence-electron chi connectivity index (χ4n) is 4.02. The highest BCUT2D eigenvalue weighted by Crippen LogP contribution is 2.32. The Kier molecular flexibility index (Phi) is 5.68. The number of methoxy groups -OCH3 is 2. The van der Waals surface area contributed by atoms with Crippen molar-refractivity contribution in [3.63, 3.8) is 0 Å². The summed E-state index contributed by atoms with van der Waals surface area (Å²) in [5, 5.41) is 3.26. The van der Waals surface area contributed by atoms with Gasteiger partial charge >= 0.3 is 0 Å². The van der Waals surface area contributed by atoms with E-state index >= 15 is 0 Å². The van der Waals surface area contributed by atoms with Gasteiger partial charge in [0.1, 0.15) is 24.7 Å². The molecule has 8 heteroatoms. The van der Waals surface area contributed by atoms with Crippen molar-refractivity contribution in [2.24, 2.45) is 0 Å². The van der Waals surface area contributed by atoms with Gasteiger partial charge in [-0.05, 0) is 17.7 Å². The molecule has 0 radical (unpaired) electrons. The molecule has 0 bridgehead atoms. The third-order valence-corrected chi connectivity index (χ3v) is 5.63. The van der Waals surface area contributed by atoms with Gasteiger partial charge in [0, 0.05) is 61.7 Å². The van der Waals surface area contributed by atoms with Crippen molar-refractivity contribution in [3.05, 3.63) is 59.4 Å². The molecule has 0 saturated heterocycles. The van der Waals surface area contributed by atoms with E-state index in [4.69, 9.17) is 23.9 Å². The van der Waals surface area contributed by atoms with Crippen LogP contribution in [0.15, 0.2) is 42.6 Å². The van der Waals surface area contributed by atoms with E-state index in [1.165, 1.54) is 5.56 Å². The third-order valence-electron chi connectivity index (χ3n) is 5.63. The first-order valence-corrected chi connectivity index (χ1v) is 10.7.